The summed E-state index contributed by atoms with van der Waals surface area (Å²) in [5, 5.41) is 0. The molecular weight excluding hydrogens is 367 g/mol. The van der Waals surface area contributed by atoms with Crippen LogP contribution < -0.4 is 0 Å². The van der Waals surface area contributed by atoms with Gasteiger partial charge < -0.3 is 4.90 Å². The standard InChI is InChI=1S/C10H8Br2F3NO/c1-16(5-10(13,14)15)9(17)7-3-2-6(11)4-8(7)12/h2-4H,5H2,1H3. The van der Waals surface area contributed by atoms with Crippen molar-refractivity contribution in [3.8, 4) is 0 Å². The molecule has 0 bridgehead atoms. The van der Waals surface area contributed by atoms with Crippen molar-refractivity contribution < 1.29 is 18.0 Å². The molecule has 0 aromatic heterocycles. The van der Waals surface area contributed by atoms with E-state index in [4.69, 9.17) is 0 Å². The molecule has 7 heteroatoms. The van der Waals surface area contributed by atoms with Crippen LogP contribution in [0.5, 0.6) is 0 Å². The van der Waals surface area contributed by atoms with Crippen molar-refractivity contribution >= 4 is 37.8 Å². The maximum absolute atomic E-state index is 12.1. The van der Waals surface area contributed by atoms with Crippen LogP contribution in [0, 0.1) is 0 Å². The van der Waals surface area contributed by atoms with Crippen molar-refractivity contribution in [3.63, 3.8) is 0 Å². The zero-order valence-electron chi connectivity index (χ0n) is 8.68. The summed E-state index contributed by atoms with van der Waals surface area (Å²) in [7, 11) is 1.12. The number of carbonyl (C=O) groups excluding carboxylic acids is 1. The van der Waals surface area contributed by atoms with Crippen LogP contribution in [0.15, 0.2) is 27.1 Å². The normalized spacial score (nSPS) is 11.4. The van der Waals surface area contributed by atoms with E-state index < -0.39 is 18.6 Å². The molecule has 94 valence electrons. The number of hydrogen-bond donors (Lipinski definition) is 0. The Balaban J connectivity index is 2.89. The van der Waals surface area contributed by atoms with E-state index in [1.54, 1.807) is 12.1 Å². The van der Waals surface area contributed by atoms with E-state index in [0.29, 0.717) is 9.37 Å². The summed E-state index contributed by atoms with van der Waals surface area (Å²) in [6.07, 6.45) is -4.40. The molecular formula is C10H8Br2F3NO. The molecule has 1 rings (SSSR count). The lowest BCUT2D eigenvalue weighted by Crippen LogP contribution is -2.35. The smallest absolute Gasteiger partial charge is 0.333 e. The second-order valence-corrected chi connectivity index (χ2v) is 5.17. The number of amides is 1. The summed E-state index contributed by atoms with van der Waals surface area (Å²) >= 11 is 6.33. The van der Waals surface area contributed by atoms with Crippen molar-refractivity contribution in [2.75, 3.05) is 13.6 Å². The Morgan fingerprint density at radius 2 is 1.94 bits per heavy atom. The molecule has 0 aliphatic rings. The maximum Gasteiger partial charge on any atom is 0.406 e. The Morgan fingerprint density at radius 3 is 2.41 bits per heavy atom. The Labute approximate surface area is 113 Å². The van der Waals surface area contributed by atoms with Crippen LogP contribution in [0.1, 0.15) is 10.4 Å². The highest BCUT2D eigenvalue weighted by atomic mass is 79.9. The lowest BCUT2D eigenvalue weighted by molar-refractivity contribution is -0.138. The van der Waals surface area contributed by atoms with E-state index in [9.17, 15) is 18.0 Å². The molecule has 0 spiro atoms. The van der Waals surface area contributed by atoms with Gasteiger partial charge in [0.2, 0.25) is 0 Å². The minimum Gasteiger partial charge on any atom is -0.333 e. The number of benzene rings is 1. The van der Waals surface area contributed by atoms with Gasteiger partial charge in [-0.05, 0) is 34.1 Å². The Morgan fingerprint density at radius 1 is 1.35 bits per heavy atom. The minimum atomic E-state index is -4.40. The molecule has 0 fully saturated rings. The fourth-order valence-corrected chi connectivity index (χ4v) is 2.43. The first-order valence-electron chi connectivity index (χ1n) is 4.48. The summed E-state index contributed by atoms with van der Waals surface area (Å²) in [5.41, 5.74) is 0.194. The highest BCUT2D eigenvalue weighted by molar-refractivity contribution is 9.11. The third kappa shape index (κ3) is 4.31. The first-order valence-corrected chi connectivity index (χ1v) is 6.06. The second kappa shape index (κ2) is 5.39. The maximum atomic E-state index is 12.1. The molecule has 1 amide bonds. The molecule has 0 unspecified atom stereocenters. The van der Waals surface area contributed by atoms with Crippen molar-refractivity contribution in [2.45, 2.75) is 6.18 Å². The van der Waals surface area contributed by atoms with Gasteiger partial charge >= 0.3 is 6.18 Å². The SMILES string of the molecule is CN(CC(F)(F)F)C(=O)c1ccc(Br)cc1Br. The third-order valence-electron chi connectivity index (χ3n) is 1.92. The van der Waals surface area contributed by atoms with Crippen molar-refractivity contribution in [1.82, 2.24) is 4.90 Å². The topological polar surface area (TPSA) is 20.3 Å². The highest BCUT2D eigenvalue weighted by Crippen LogP contribution is 2.24. The quantitative estimate of drug-likeness (QED) is 0.770. The van der Waals surface area contributed by atoms with Gasteiger partial charge in [0.15, 0.2) is 0 Å². The fraction of sp³-hybridized carbons (Fsp3) is 0.300. The first-order chi connectivity index (χ1) is 7.70. The monoisotopic (exact) mass is 373 g/mol. The molecule has 0 radical (unpaired) electrons. The number of alkyl halides is 3. The molecule has 1 aromatic carbocycles. The van der Waals surface area contributed by atoms with Crippen LogP contribution in [0.4, 0.5) is 13.2 Å². The summed E-state index contributed by atoms with van der Waals surface area (Å²) < 4.78 is 37.6. The summed E-state index contributed by atoms with van der Waals surface area (Å²) in [6.45, 7) is -1.27. The van der Waals surface area contributed by atoms with Gasteiger partial charge in [-0.2, -0.15) is 13.2 Å². The van der Waals surface area contributed by atoms with Gasteiger partial charge in [0.25, 0.3) is 5.91 Å². The van der Waals surface area contributed by atoms with E-state index in [0.717, 1.165) is 11.5 Å². The lowest BCUT2D eigenvalue weighted by Gasteiger charge is -2.19. The Bertz CT molecular complexity index is 434. The minimum absolute atomic E-state index is 0.194. The fourth-order valence-electron chi connectivity index (χ4n) is 1.21. The summed E-state index contributed by atoms with van der Waals surface area (Å²) in [6, 6.07) is 4.66. The molecule has 0 aliphatic heterocycles. The molecule has 17 heavy (non-hydrogen) atoms. The molecule has 0 N–H and O–H groups in total. The molecule has 0 saturated carbocycles. The second-order valence-electron chi connectivity index (χ2n) is 3.40. The average molecular weight is 375 g/mol. The van der Waals surface area contributed by atoms with Crippen LogP contribution in [-0.4, -0.2) is 30.6 Å². The van der Waals surface area contributed by atoms with Gasteiger partial charge in [-0.15, -0.1) is 0 Å². The molecule has 0 aliphatic carbocycles. The first kappa shape index (κ1) is 14.5. The molecule has 2 nitrogen and oxygen atoms in total. The molecule has 0 heterocycles. The highest BCUT2D eigenvalue weighted by Gasteiger charge is 2.31. The predicted octanol–water partition coefficient (Wildman–Crippen LogP) is 3.85. The van der Waals surface area contributed by atoms with Crippen molar-refractivity contribution in [2.24, 2.45) is 0 Å². The van der Waals surface area contributed by atoms with Crippen LogP contribution in [0.2, 0.25) is 0 Å². The van der Waals surface area contributed by atoms with Gasteiger partial charge in [-0.3, -0.25) is 4.79 Å². The van der Waals surface area contributed by atoms with Crippen molar-refractivity contribution in [3.05, 3.63) is 32.7 Å². The van der Waals surface area contributed by atoms with Crippen LogP contribution in [0.25, 0.3) is 0 Å². The predicted molar refractivity (Wildman–Crippen MR) is 64.9 cm³/mol. The number of carbonyl (C=O) groups is 1. The molecule has 0 atom stereocenters. The Hall–Kier alpha value is -0.560. The largest absolute Gasteiger partial charge is 0.406 e. The summed E-state index contributed by atoms with van der Waals surface area (Å²) in [4.78, 5) is 12.4. The van der Waals surface area contributed by atoms with Gasteiger partial charge in [-0.25, -0.2) is 0 Å². The number of nitrogens with zero attached hydrogens (tertiary/aromatic N) is 1. The van der Waals surface area contributed by atoms with Crippen LogP contribution in [-0.2, 0) is 0 Å². The third-order valence-corrected chi connectivity index (χ3v) is 3.07. The number of halogens is 5. The Kier molecular flexibility index (Phi) is 4.60. The number of rotatable bonds is 2. The van der Waals surface area contributed by atoms with Crippen molar-refractivity contribution in [1.29, 1.82) is 0 Å². The van der Waals surface area contributed by atoms with Gasteiger partial charge in [0.1, 0.15) is 6.54 Å². The van der Waals surface area contributed by atoms with E-state index in [2.05, 4.69) is 31.9 Å². The van der Waals surface area contributed by atoms with E-state index in [1.165, 1.54) is 6.07 Å². The average Bonchev–Trinajstić information content (AvgIpc) is 2.14. The summed E-state index contributed by atoms with van der Waals surface area (Å²) in [5.74, 6) is -0.679. The van der Waals surface area contributed by atoms with Crippen LogP contribution >= 0.6 is 31.9 Å². The van der Waals surface area contributed by atoms with Crippen LogP contribution in [0.3, 0.4) is 0 Å². The van der Waals surface area contributed by atoms with Gasteiger partial charge in [0, 0.05) is 16.0 Å². The lowest BCUT2D eigenvalue weighted by atomic mass is 10.2. The van der Waals surface area contributed by atoms with E-state index in [1.807, 2.05) is 0 Å². The molecule has 0 saturated heterocycles. The number of hydrogen-bond acceptors (Lipinski definition) is 1. The molecule has 1 aromatic rings. The van der Waals surface area contributed by atoms with Gasteiger partial charge in [0.05, 0.1) is 5.56 Å². The zero-order chi connectivity index (χ0) is 13.2. The van der Waals surface area contributed by atoms with E-state index >= 15 is 0 Å². The van der Waals surface area contributed by atoms with E-state index in [-0.39, 0.29) is 5.56 Å². The zero-order valence-corrected chi connectivity index (χ0v) is 11.9. The van der Waals surface area contributed by atoms with Gasteiger partial charge in [-0.1, -0.05) is 15.9 Å².